The molecule has 0 amide bonds. The van der Waals surface area contributed by atoms with Crippen LogP contribution in [0.3, 0.4) is 0 Å². The van der Waals surface area contributed by atoms with Crippen molar-refractivity contribution in [3.8, 4) is 11.8 Å². The molecule has 0 aliphatic rings. The Morgan fingerprint density at radius 2 is 2.17 bits per heavy atom. The number of hydrogen-bond donors (Lipinski definition) is 0. The van der Waals surface area contributed by atoms with Crippen molar-refractivity contribution >= 4 is 15.9 Å². The summed E-state index contributed by atoms with van der Waals surface area (Å²) in [6.45, 7) is 4.25. The van der Waals surface area contributed by atoms with Crippen LogP contribution in [0.25, 0.3) is 5.69 Å². The Balaban J connectivity index is 2.52. The summed E-state index contributed by atoms with van der Waals surface area (Å²) in [4.78, 5) is 0. The van der Waals surface area contributed by atoms with E-state index in [1.807, 2.05) is 35.0 Å². The topological polar surface area (TPSA) is 41.6 Å². The van der Waals surface area contributed by atoms with Crippen molar-refractivity contribution in [2.45, 2.75) is 26.2 Å². The fourth-order valence-electron chi connectivity index (χ4n) is 1.84. The Hall–Kier alpha value is -1.60. The van der Waals surface area contributed by atoms with Gasteiger partial charge in [0.25, 0.3) is 0 Å². The average molecular weight is 304 g/mol. The van der Waals surface area contributed by atoms with Gasteiger partial charge in [0.15, 0.2) is 0 Å². The number of nitrogens with zero attached hydrogens (tertiary/aromatic N) is 3. The van der Waals surface area contributed by atoms with E-state index >= 15 is 0 Å². The Labute approximate surface area is 115 Å². The van der Waals surface area contributed by atoms with Crippen LogP contribution in [-0.2, 0) is 6.42 Å². The van der Waals surface area contributed by atoms with Gasteiger partial charge in [0.1, 0.15) is 0 Å². The number of aromatic nitrogens is 2. The largest absolute Gasteiger partial charge is 0.237 e. The summed E-state index contributed by atoms with van der Waals surface area (Å²) in [5.41, 5.74) is 2.96. The highest BCUT2D eigenvalue weighted by Gasteiger charge is 2.12. The van der Waals surface area contributed by atoms with Crippen molar-refractivity contribution in [2.75, 3.05) is 0 Å². The summed E-state index contributed by atoms with van der Waals surface area (Å²) >= 11 is 3.47. The summed E-state index contributed by atoms with van der Waals surface area (Å²) in [6, 6.07) is 12.2. The SMILES string of the molecule is CC(C)c1cc(CC#N)nn1-c1cccc(Br)c1. The van der Waals surface area contributed by atoms with Gasteiger partial charge >= 0.3 is 0 Å². The molecule has 0 N–H and O–H groups in total. The molecule has 1 aromatic heterocycles. The molecule has 0 aliphatic carbocycles. The van der Waals surface area contributed by atoms with Crippen molar-refractivity contribution in [3.05, 3.63) is 46.2 Å². The molecule has 0 atom stereocenters. The first-order chi connectivity index (χ1) is 8.61. The van der Waals surface area contributed by atoms with Gasteiger partial charge in [0, 0.05) is 10.2 Å². The maximum absolute atomic E-state index is 8.77. The molecule has 1 heterocycles. The lowest BCUT2D eigenvalue weighted by Gasteiger charge is -2.10. The van der Waals surface area contributed by atoms with Crippen LogP contribution in [-0.4, -0.2) is 9.78 Å². The number of halogens is 1. The van der Waals surface area contributed by atoms with Crippen LogP contribution < -0.4 is 0 Å². The summed E-state index contributed by atoms with van der Waals surface area (Å²) in [5, 5.41) is 13.3. The first-order valence-electron chi connectivity index (χ1n) is 5.83. The highest BCUT2D eigenvalue weighted by molar-refractivity contribution is 9.10. The lowest BCUT2D eigenvalue weighted by molar-refractivity contribution is 0.729. The summed E-state index contributed by atoms with van der Waals surface area (Å²) in [7, 11) is 0. The van der Waals surface area contributed by atoms with E-state index in [1.54, 1.807) is 0 Å². The van der Waals surface area contributed by atoms with E-state index in [1.165, 1.54) is 0 Å². The summed E-state index contributed by atoms with van der Waals surface area (Å²) in [5.74, 6) is 0.365. The molecule has 0 saturated carbocycles. The summed E-state index contributed by atoms with van der Waals surface area (Å²) < 4.78 is 2.94. The molecule has 92 valence electrons. The molecular formula is C14H14BrN3. The van der Waals surface area contributed by atoms with Gasteiger partial charge in [-0.1, -0.05) is 35.8 Å². The minimum Gasteiger partial charge on any atom is -0.237 e. The zero-order valence-electron chi connectivity index (χ0n) is 10.4. The van der Waals surface area contributed by atoms with Gasteiger partial charge in [-0.25, -0.2) is 4.68 Å². The van der Waals surface area contributed by atoms with Gasteiger partial charge < -0.3 is 0 Å². The molecule has 0 unspecified atom stereocenters. The van der Waals surface area contributed by atoms with Crippen LogP contribution in [0.1, 0.15) is 31.2 Å². The molecule has 0 aliphatic heterocycles. The second kappa shape index (κ2) is 5.36. The van der Waals surface area contributed by atoms with Gasteiger partial charge in [0.2, 0.25) is 0 Å². The Kier molecular flexibility index (Phi) is 3.83. The van der Waals surface area contributed by atoms with E-state index in [-0.39, 0.29) is 0 Å². The maximum atomic E-state index is 8.77. The van der Waals surface area contributed by atoms with Gasteiger partial charge in [-0.05, 0) is 30.2 Å². The van der Waals surface area contributed by atoms with Crippen LogP contribution in [0.4, 0.5) is 0 Å². The number of rotatable bonds is 3. The molecular weight excluding hydrogens is 290 g/mol. The van der Waals surface area contributed by atoms with Crippen molar-refractivity contribution < 1.29 is 0 Å². The average Bonchev–Trinajstić information content (AvgIpc) is 2.74. The Morgan fingerprint density at radius 3 is 2.78 bits per heavy atom. The predicted molar refractivity (Wildman–Crippen MR) is 74.7 cm³/mol. The second-order valence-corrected chi connectivity index (χ2v) is 5.36. The number of nitriles is 1. The van der Waals surface area contributed by atoms with E-state index in [0.717, 1.165) is 21.5 Å². The molecule has 2 aromatic rings. The van der Waals surface area contributed by atoms with Gasteiger partial charge in [-0.15, -0.1) is 0 Å². The first kappa shape index (κ1) is 12.8. The van der Waals surface area contributed by atoms with E-state index in [9.17, 15) is 0 Å². The minimum atomic E-state index is 0.348. The van der Waals surface area contributed by atoms with Crippen molar-refractivity contribution in [1.29, 1.82) is 5.26 Å². The monoisotopic (exact) mass is 303 g/mol. The molecule has 18 heavy (non-hydrogen) atoms. The molecule has 3 nitrogen and oxygen atoms in total. The van der Waals surface area contributed by atoms with E-state index in [4.69, 9.17) is 5.26 Å². The maximum Gasteiger partial charge on any atom is 0.0793 e. The normalized spacial score (nSPS) is 10.6. The van der Waals surface area contributed by atoms with Crippen LogP contribution in [0.5, 0.6) is 0 Å². The fourth-order valence-corrected chi connectivity index (χ4v) is 2.23. The third kappa shape index (κ3) is 2.62. The number of benzene rings is 1. The van der Waals surface area contributed by atoms with Crippen molar-refractivity contribution in [3.63, 3.8) is 0 Å². The zero-order chi connectivity index (χ0) is 13.1. The van der Waals surface area contributed by atoms with Gasteiger partial charge in [-0.2, -0.15) is 10.4 Å². The molecule has 1 aromatic carbocycles. The molecule has 4 heteroatoms. The molecule has 2 rings (SSSR count). The lowest BCUT2D eigenvalue weighted by atomic mass is 10.1. The third-order valence-corrected chi connectivity index (χ3v) is 3.19. The van der Waals surface area contributed by atoms with Crippen LogP contribution in [0, 0.1) is 11.3 Å². The zero-order valence-corrected chi connectivity index (χ0v) is 12.0. The predicted octanol–water partition coefficient (Wildman–Crippen LogP) is 3.82. The summed E-state index contributed by atoms with van der Waals surface area (Å²) in [6.07, 6.45) is 0.348. The van der Waals surface area contributed by atoms with Crippen molar-refractivity contribution in [1.82, 2.24) is 9.78 Å². The molecule has 0 fully saturated rings. The van der Waals surface area contributed by atoms with Gasteiger partial charge in [0.05, 0.1) is 23.9 Å². The molecule has 0 radical (unpaired) electrons. The smallest absolute Gasteiger partial charge is 0.0793 e. The van der Waals surface area contributed by atoms with Crippen LogP contribution >= 0.6 is 15.9 Å². The number of hydrogen-bond acceptors (Lipinski definition) is 2. The Morgan fingerprint density at radius 1 is 1.39 bits per heavy atom. The van der Waals surface area contributed by atoms with E-state index < -0.39 is 0 Å². The van der Waals surface area contributed by atoms with Crippen LogP contribution in [0.15, 0.2) is 34.8 Å². The minimum absolute atomic E-state index is 0.348. The standard InChI is InChI=1S/C14H14BrN3/c1-10(2)14-9-12(6-7-16)17-18(14)13-5-3-4-11(15)8-13/h3-5,8-10H,6H2,1-2H3. The van der Waals surface area contributed by atoms with Gasteiger partial charge in [-0.3, -0.25) is 0 Å². The molecule has 0 bridgehead atoms. The fraction of sp³-hybridized carbons (Fsp3) is 0.286. The van der Waals surface area contributed by atoms with E-state index in [2.05, 4.69) is 40.9 Å². The molecule has 0 saturated heterocycles. The van der Waals surface area contributed by atoms with E-state index in [0.29, 0.717) is 12.3 Å². The Bertz CT molecular complexity index is 593. The van der Waals surface area contributed by atoms with Crippen molar-refractivity contribution in [2.24, 2.45) is 0 Å². The third-order valence-electron chi connectivity index (χ3n) is 2.69. The highest BCUT2D eigenvalue weighted by atomic mass is 79.9. The van der Waals surface area contributed by atoms with Crippen LogP contribution in [0.2, 0.25) is 0 Å². The second-order valence-electron chi connectivity index (χ2n) is 4.44. The molecule has 0 spiro atoms. The first-order valence-corrected chi connectivity index (χ1v) is 6.63. The highest BCUT2D eigenvalue weighted by Crippen LogP contribution is 2.22. The lowest BCUT2D eigenvalue weighted by Crippen LogP contribution is -2.03. The quantitative estimate of drug-likeness (QED) is 0.865.